The van der Waals surface area contributed by atoms with Crippen LogP contribution in [0.4, 0.5) is 11.6 Å². The van der Waals surface area contributed by atoms with Gasteiger partial charge in [0.15, 0.2) is 5.82 Å². The monoisotopic (exact) mass is 522 g/mol. The molecule has 0 saturated carbocycles. The number of rotatable bonds is 9. The molecule has 3 aromatic rings. The van der Waals surface area contributed by atoms with Crippen molar-refractivity contribution in [1.29, 1.82) is 0 Å². The van der Waals surface area contributed by atoms with Crippen LogP contribution in [0.15, 0.2) is 60.7 Å². The molecule has 37 heavy (non-hydrogen) atoms. The van der Waals surface area contributed by atoms with Crippen molar-refractivity contribution in [3.8, 4) is 11.4 Å². The molecule has 1 atom stereocenters. The van der Waals surface area contributed by atoms with Crippen LogP contribution in [0.2, 0.25) is 5.02 Å². The highest BCUT2D eigenvalue weighted by Crippen LogP contribution is 2.25. The largest absolute Gasteiger partial charge is 0.383 e. The second kappa shape index (κ2) is 12.5. The fourth-order valence-corrected chi connectivity index (χ4v) is 4.26. The van der Waals surface area contributed by atoms with E-state index in [0.717, 1.165) is 16.9 Å². The predicted molar refractivity (Wildman–Crippen MR) is 145 cm³/mol. The van der Waals surface area contributed by atoms with Gasteiger partial charge in [-0.05, 0) is 29.8 Å². The molecule has 9 nitrogen and oxygen atoms in total. The number of aliphatic hydroxyl groups excluding tert-OH is 1. The van der Waals surface area contributed by atoms with E-state index in [9.17, 15) is 14.7 Å². The summed E-state index contributed by atoms with van der Waals surface area (Å²) in [7, 11) is 0. The summed E-state index contributed by atoms with van der Waals surface area (Å²) in [5, 5.41) is 17.1. The topological polar surface area (TPSA) is 111 Å². The summed E-state index contributed by atoms with van der Waals surface area (Å²) in [6.07, 6.45) is -0.770. The number of nitrogens with zero attached hydrogens (tertiary/aromatic N) is 4. The van der Waals surface area contributed by atoms with Crippen LogP contribution in [-0.4, -0.2) is 77.2 Å². The smallest absolute Gasteiger partial charge is 0.251 e. The fourth-order valence-electron chi connectivity index (χ4n) is 4.14. The lowest BCUT2D eigenvalue weighted by molar-refractivity contribution is -0.140. The number of carbonyl (C=O) groups is 2. The number of halogens is 1. The van der Waals surface area contributed by atoms with Crippen LogP contribution < -0.4 is 15.5 Å². The highest BCUT2D eigenvalue weighted by atomic mass is 35.5. The van der Waals surface area contributed by atoms with Crippen molar-refractivity contribution in [1.82, 2.24) is 20.2 Å². The highest BCUT2D eigenvalue weighted by molar-refractivity contribution is 6.30. The summed E-state index contributed by atoms with van der Waals surface area (Å²) < 4.78 is 0. The molecule has 2 heterocycles. The molecule has 4 rings (SSSR count). The molecule has 0 radical (unpaired) electrons. The van der Waals surface area contributed by atoms with E-state index in [0.29, 0.717) is 62.4 Å². The Morgan fingerprint density at radius 3 is 2.38 bits per heavy atom. The third-order valence-electron chi connectivity index (χ3n) is 6.09. The van der Waals surface area contributed by atoms with Crippen LogP contribution >= 0.6 is 11.6 Å². The number of aliphatic hydroxyl groups is 1. The minimum atomic E-state index is -1.07. The van der Waals surface area contributed by atoms with Crippen LogP contribution in [0.3, 0.4) is 0 Å². The second-order valence-electron chi connectivity index (χ2n) is 8.87. The molecule has 0 spiro atoms. The molecule has 2 aromatic carbocycles. The molecule has 1 saturated heterocycles. The van der Waals surface area contributed by atoms with Crippen molar-refractivity contribution in [3.05, 3.63) is 71.2 Å². The number of carbonyl (C=O) groups excluding carboxylic acids is 2. The summed E-state index contributed by atoms with van der Waals surface area (Å²) in [6, 6.07) is 18.7. The predicted octanol–water partition coefficient (Wildman–Crippen LogP) is 2.60. The van der Waals surface area contributed by atoms with Crippen molar-refractivity contribution >= 4 is 35.1 Å². The van der Waals surface area contributed by atoms with Gasteiger partial charge in [-0.15, -0.1) is 0 Å². The number of benzene rings is 2. The fraction of sp³-hybridized carbons (Fsp3) is 0.333. The van der Waals surface area contributed by atoms with Crippen molar-refractivity contribution in [2.75, 3.05) is 49.5 Å². The molecule has 1 aromatic heterocycles. The van der Waals surface area contributed by atoms with Gasteiger partial charge in [0.1, 0.15) is 17.7 Å². The average Bonchev–Trinajstić information content (AvgIpc) is 2.91. The Labute approximate surface area is 221 Å². The van der Waals surface area contributed by atoms with Gasteiger partial charge in [0.05, 0.1) is 0 Å². The van der Waals surface area contributed by atoms with E-state index < -0.39 is 6.10 Å². The van der Waals surface area contributed by atoms with Crippen LogP contribution in [0, 0.1) is 0 Å². The minimum Gasteiger partial charge on any atom is -0.383 e. The van der Waals surface area contributed by atoms with Crippen LogP contribution in [0.25, 0.3) is 11.4 Å². The third-order valence-corrected chi connectivity index (χ3v) is 6.34. The summed E-state index contributed by atoms with van der Waals surface area (Å²) in [6.45, 7) is 4.58. The van der Waals surface area contributed by atoms with Gasteiger partial charge in [0.25, 0.3) is 5.91 Å². The Morgan fingerprint density at radius 1 is 1.00 bits per heavy atom. The lowest BCUT2D eigenvalue weighted by Crippen LogP contribution is -2.52. The number of amides is 2. The van der Waals surface area contributed by atoms with Crippen LogP contribution in [0.5, 0.6) is 0 Å². The first-order valence-electron chi connectivity index (χ1n) is 12.3. The van der Waals surface area contributed by atoms with Crippen molar-refractivity contribution in [3.63, 3.8) is 0 Å². The maximum Gasteiger partial charge on any atom is 0.251 e. The van der Waals surface area contributed by atoms with Crippen molar-refractivity contribution in [2.45, 2.75) is 19.4 Å². The van der Waals surface area contributed by atoms with Gasteiger partial charge >= 0.3 is 0 Å². The SMILES string of the molecule is CC(=O)NCCNc1cc(N2CCN(C(=O)[C@H](O)Cc3ccccc3)CC2)nc(-c2ccc(Cl)cc2)n1. The first-order valence-corrected chi connectivity index (χ1v) is 12.7. The Hall–Kier alpha value is -3.69. The van der Waals surface area contributed by atoms with E-state index in [1.807, 2.05) is 48.5 Å². The maximum absolute atomic E-state index is 12.8. The van der Waals surface area contributed by atoms with Crippen molar-refractivity contribution < 1.29 is 14.7 Å². The zero-order valence-electron chi connectivity index (χ0n) is 20.7. The molecule has 3 N–H and O–H groups in total. The zero-order valence-corrected chi connectivity index (χ0v) is 21.5. The number of nitrogens with one attached hydrogen (secondary N) is 2. The lowest BCUT2D eigenvalue weighted by Gasteiger charge is -2.36. The second-order valence-corrected chi connectivity index (χ2v) is 9.31. The quantitative estimate of drug-likeness (QED) is 0.370. The molecule has 10 heteroatoms. The van der Waals surface area contributed by atoms with Gasteiger partial charge in [-0.3, -0.25) is 9.59 Å². The molecular weight excluding hydrogens is 492 g/mol. The zero-order chi connectivity index (χ0) is 26.2. The molecule has 0 unspecified atom stereocenters. The molecule has 0 aliphatic carbocycles. The van der Waals surface area contributed by atoms with E-state index in [1.54, 1.807) is 17.0 Å². The highest BCUT2D eigenvalue weighted by Gasteiger charge is 2.27. The van der Waals surface area contributed by atoms with Gasteiger partial charge in [-0.25, -0.2) is 9.97 Å². The molecule has 1 aliphatic heterocycles. The Balaban J connectivity index is 1.44. The van der Waals surface area contributed by atoms with E-state index in [2.05, 4.69) is 20.5 Å². The van der Waals surface area contributed by atoms with Gasteiger partial charge in [0, 0.05) is 69.3 Å². The van der Waals surface area contributed by atoms with E-state index in [-0.39, 0.29) is 11.8 Å². The lowest BCUT2D eigenvalue weighted by atomic mass is 10.1. The third kappa shape index (κ3) is 7.41. The maximum atomic E-state index is 12.8. The van der Waals surface area contributed by atoms with Crippen LogP contribution in [0.1, 0.15) is 12.5 Å². The average molecular weight is 523 g/mol. The summed E-state index contributed by atoms with van der Waals surface area (Å²) in [4.78, 5) is 37.2. The summed E-state index contributed by atoms with van der Waals surface area (Å²) >= 11 is 6.05. The Morgan fingerprint density at radius 2 is 1.70 bits per heavy atom. The summed E-state index contributed by atoms with van der Waals surface area (Å²) in [5.74, 6) is 1.57. The Bertz CT molecular complexity index is 1200. The normalized spacial score (nSPS) is 14.2. The summed E-state index contributed by atoms with van der Waals surface area (Å²) in [5.41, 5.74) is 1.75. The first kappa shape index (κ1) is 26.4. The van der Waals surface area contributed by atoms with Gasteiger partial charge in [0.2, 0.25) is 5.91 Å². The van der Waals surface area contributed by atoms with E-state index in [1.165, 1.54) is 6.92 Å². The number of piperazine rings is 1. The van der Waals surface area contributed by atoms with Gasteiger partial charge in [-0.2, -0.15) is 0 Å². The molecule has 2 amide bonds. The van der Waals surface area contributed by atoms with E-state index >= 15 is 0 Å². The number of aromatic nitrogens is 2. The van der Waals surface area contributed by atoms with Crippen LogP contribution in [-0.2, 0) is 16.0 Å². The molecule has 0 bridgehead atoms. The van der Waals surface area contributed by atoms with E-state index in [4.69, 9.17) is 16.6 Å². The van der Waals surface area contributed by atoms with Gasteiger partial charge < -0.3 is 25.5 Å². The molecule has 1 fully saturated rings. The molecule has 194 valence electrons. The Kier molecular flexibility index (Phi) is 8.92. The molecule has 1 aliphatic rings. The standard InChI is InChI=1S/C27H31ClN6O3/c1-19(35)29-11-12-30-24-18-25(32-26(31-24)21-7-9-22(28)10-8-21)33-13-15-34(16-14-33)27(37)23(36)17-20-5-3-2-4-6-20/h2-10,18,23,36H,11-17H2,1H3,(H,29,35)(H,30,31,32)/t23-/m1/s1. The minimum absolute atomic E-state index is 0.0895. The van der Waals surface area contributed by atoms with Gasteiger partial charge in [-0.1, -0.05) is 41.9 Å². The first-order chi connectivity index (χ1) is 17.9. The number of hydrogen-bond donors (Lipinski definition) is 3. The molecular formula is C27H31ClN6O3. The number of hydrogen-bond acceptors (Lipinski definition) is 7. The van der Waals surface area contributed by atoms with Crippen molar-refractivity contribution in [2.24, 2.45) is 0 Å². The number of anilines is 2.